The van der Waals surface area contributed by atoms with Crippen molar-refractivity contribution in [2.45, 2.75) is 51.6 Å². The Morgan fingerprint density at radius 3 is 2.54 bits per heavy atom. The van der Waals surface area contributed by atoms with E-state index < -0.39 is 12.1 Å². The number of hydrogen-bond acceptors (Lipinski definition) is 5. The molecule has 1 N–H and O–H groups in total. The summed E-state index contributed by atoms with van der Waals surface area (Å²) in [6.45, 7) is 4.18. The highest BCUT2D eigenvalue weighted by molar-refractivity contribution is 5.94. The number of ether oxygens (including phenoxy) is 2. The number of imidazole rings is 1. The van der Waals surface area contributed by atoms with Gasteiger partial charge in [0.2, 0.25) is 0 Å². The summed E-state index contributed by atoms with van der Waals surface area (Å²) in [5, 5.41) is 2.98. The molecule has 1 unspecified atom stereocenters. The molecule has 1 aromatic carbocycles. The zero-order valence-electron chi connectivity index (χ0n) is 16.4. The van der Waals surface area contributed by atoms with Crippen LogP contribution >= 0.6 is 0 Å². The van der Waals surface area contributed by atoms with Crippen LogP contribution in [-0.4, -0.2) is 40.9 Å². The molecule has 0 bridgehead atoms. The molecule has 0 aliphatic heterocycles. The first kappa shape index (κ1) is 19.9. The minimum atomic E-state index is -0.439. The molecule has 1 aliphatic rings. The van der Waals surface area contributed by atoms with Gasteiger partial charge in [-0.15, -0.1) is 0 Å². The fraction of sp³-hybridized carbons (Fsp3) is 0.476. The van der Waals surface area contributed by atoms with E-state index in [1.807, 2.05) is 34.9 Å². The molecule has 2 atom stereocenters. The van der Waals surface area contributed by atoms with Crippen LogP contribution in [0.25, 0.3) is 11.3 Å². The third-order valence-corrected chi connectivity index (χ3v) is 4.98. The second-order valence-corrected chi connectivity index (χ2v) is 6.76. The van der Waals surface area contributed by atoms with Crippen LogP contribution in [0, 0.1) is 0 Å². The molecule has 1 aliphatic carbocycles. The fourth-order valence-electron chi connectivity index (χ4n) is 3.78. The normalized spacial score (nSPS) is 19.1. The van der Waals surface area contributed by atoms with Crippen molar-refractivity contribution in [2.24, 2.45) is 0 Å². The number of esters is 1. The maximum absolute atomic E-state index is 12.5. The summed E-state index contributed by atoms with van der Waals surface area (Å²) < 4.78 is 12.3. The molecule has 1 fully saturated rings. The lowest BCUT2D eigenvalue weighted by atomic mass is 9.89. The van der Waals surface area contributed by atoms with Gasteiger partial charge in [0, 0.05) is 5.56 Å². The van der Waals surface area contributed by atoms with E-state index >= 15 is 0 Å². The zero-order chi connectivity index (χ0) is 19.9. The number of nitrogens with one attached hydrogen (secondary N) is 1. The van der Waals surface area contributed by atoms with E-state index in [0.717, 1.165) is 36.9 Å². The van der Waals surface area contributed by atoms with Crippen molar-refractivity contribution in [1.82, 2.24) is 14.9 Å². The molecule has 1 heterocycles. The Morgan fingerprint density at radius 2 is 1.82 bits per heavy atom. The third-order valence-electron chi connectivity index (χ3n) is 4.98. The van der Waals surface area contributed by atoms with E-state index in [4.69, 9.17) is 9.47 Å². The molecule has 1 amide bonds. The van der Waals surface area contributed by atoms with Gasteiger partial charge in [0.05, 0.1) is 37.3 Å². The van der Waals surface area contributed by atoms with Crippen LogP contribution in [0.4, 0.5) is 4.79 Å². The Hall–Kier alpha value is -2.83. The van der Waals surface area contributed by atoms with Gasteiger partial charge in [0.25, 0.3) is 0 Å². The smallest absolute Gasteiger partial charge is 0.407 e. The number of hydrogen-bond donors (Lipinski definition) is 1. The molecule has 1 saturated carbocycles. The number of rotatable bonds is 6. The average Bonchev–Trinajstić information content (AvgIpc) is 3.14. The summed E-state index contributed by atoms with van der Waals surface area (Å²) in [5.74, 6) is -0.439. The number of benzene rings is 1. The highest BCUT2D eigenvalue weighted by Crippen LogP contribution is 2.34. The van der Waals surface area contributed by atoms with Crippen molar-refractivity contribution in [3.8, 4) is 11.3 Å². The van der Waals surface area contributed by atoms with Crippen molar-refractivity contribution in [1.29, 1.82) is 0 Å². The molecule has 2 aromatic rings. The lowest BCUT2D eigenvalue weighted by Gasteiger charge is -2.33. The van der Waals surface area contributed by atoms with Crippen LogP contribution in [0.3, 0.4) is 0 Å². The van der Waals surface area contributed by atoms with Gasteiger partial charge in [-0.3, -0.25) is 0 Å². The molecule has 7 nitrogen and oxygen atoms in total. The van der Waals surface area contributed by atoms with Crippen LogP contribution in [0.2, 0.25) is 0 Å². The largest absolute Gasteiger partial charge is 0.461 e. The molecule has 3 rings (SSSR count). The molecule has 0 saturated heterocycles. The van der Waals surface area contributed by atoms with E-state index in [0.29, 0.717) is 12.3 Å². The molecular weight excluding hydrogens is 358 g/mol. The summed E-state index contributed by atoms with van der Waals surface area (Å²) in [7, 11) is 0. The van der Waals surface area contributed by atoms with Crippen molar-refractivity contribution < 1.29 is 19.1 Å². The second-order valence-electron chi connectivity index (χ2n) is 6.76. The monoisotopic (exact) mass is 385 g/mol. The van der Waals surface area contributed by atoms with Gasteiger partial charge >= 0.3 is 12.1 Å². The van der Waals surface area contributed by atoms with Crippen LogP contribution in [0.15, 0.2) is 36.7 Å². The van der Waals surface area contributed by atoms with Gasteiger partial charge in [-0.2, -0.15) is 0 Å². The Balaban J connectivity index is 1.99. The molecule has 7 heteroatoms. The predicted octanol–water partition coefficient (Wildman–Crippen LogP) is 3.96. The molecule has 150 valence electrons. The molecule has 1 aromatic heterocycles. The van der Waals surface area contributed by atoms with Crippen molar-refractivity contribution in [3.63, 3.8) is 0 Å². The highest BCUT2D eigenvalue weighted by atomic mass is 16.5. The number of carbonyl (C=O) groups is 2. The third kappa shape index (κ3) is 4.35. The number of alkyl carbamates (subject to hydrolysis) is 1. The Kier molecular flexibility index (Phi) is 6.68. The van der Waals surface area contributed by atoms with Gasteiger partial charge in [0.1, 0.15) is 0 Å². The maximum atomic E-state index is 12.5. The number of amides is 1. The second kappa shape index (κ2) is 9.39. The summed E-state index contributed by atoms with van der Waals surface area (Å²) in [6.07, 6.45) is 5.09. The van der Waals surface area contributed by atoms with Gasteiger partial charge in [0.15, 0.2) is 5.69 Å². The summed E-state index contributed by atoms with van der Waals surface area (Å²) in [4.78, 5) is 28.9. The van der Waals surface area contributed by atoms with Crippen molar-refractivity contribution in [2.75, 3.05) is 13.2 Å². The first-order chi connectivity index (χ1) is 13.7. The van der Waals surface area contributed by atoms with E-state index in [1.54, 1.807) is 20.2 Å². The predicted molar refractivity (Wildman–Crippen MR) is 105 cm³/mol. The van der Waals surface area contributed by atoms with Crippen molar-refractivity contribution in [3.05, 3.63) is 42.4 Å². The lowest BCUT2D eigenvalue weighted by Crippen LogP contribution is -2.43. The lowest BCUT2D eigenvalue weighted by molar-refractivity contribution is 0.0520. The summed E-state index contributed by atoms with van der Waals surface area (Å²) in [6, 6.07) is 9.59. The molecule has 0 spiro atoms. The zero-order valence-corrected chi connectivity index (χ0v) is 16.4. The van der Waals surface area contributed by atoms with Crippen LogP contribution in [0.5, 0.6) is 0 Å². The fourth-order valence-corrected chi connectivity index (χ4v) is 3.78. The van der Waals surface area contributed by atoms with Gasteiger partial charge in [-0.25, -0.2) is 14.6 Å². The Bertz CT molecular complexity index is 803. The first-order valence-corrected chi connectivity index (χ1v) is 9.88. The highest BCUT2D eigenvalue weighted by Gasteiger charge is 2.32. The van der Waals surface area contributed by atoms with E-state index in [-0.39, 0.29) is 18.7 Å². The maximum Gasteiger partial charge on any atom is 0.407 e. The van der Waals surface area contributed by atoms with Crippen LogP contribution in [-0.2, 0) is 9.47 Å². The number of aromatic nitrogens is 2. The van der Waals surface area contributed by atoms with Crippen LogP contribution < -0.4 is 5.32 Å². The Labute approximate surface area is 165 Å². The summed E-state index contributed by atoms with van der Waals surface area (Å²) in [5.41, 5.74) is 1.92. The Morgan fingerprint density at radius 1 is 1.11 bits per heavy atom. The number of carbonyl (C=O) groups excluding carboxylic acids is 2. The standard InChI is InChI=1S/C21H27N3O4/c1-3-27-20(25)18-19(15-10-6-5-7-11-15)24(14-22-18)17-13-9-8-12-16(17)23-21(26)28-4-2/h5-7,10-11,14,16-17H,3-4,8-9,12-13H2,1-2H3,(H,23,26)/t16-,17?/m1/s1. The molecular formula is C21H27N3O4. The minimum Gasteiger partial charge on any atom is -0.461 e. The average molecular weight is 385 g/mol. The van der Waals surface area contributed by atoms with Crippen molar-refractivity contribution >= 4 is 12.1 Å². The molecule has 0 radical (unpaired) electrons. The first-order valence-electron chi connectivity index (χ1n) is 9.88. The topological polar surface area (TPSA) is 82.5 Å². The van der Waals surface area contributed by atoms with Gasteiger partial charge < -0.3 is 19.4 Å². The van der Waals surface area contributed by atoms with Gasteiger partial charge in [-0.05, 0) is 26.7 Å². The van der Waals surface area contributed by atoms with E-state index in [1.165, 1.54) is 0 Å². The number of nitrogens with zero attached hydrogens (tertiary/aromatic N) is 2. The molecule has 28 heavy (non-hydrogen) atoms. The van der Waals surface area contributed by atoms with E-state index in [9.17, 15) is 9.59 Å². The summed E-state index contributed by atoms with van der Waals surface area (Å²) >= 11 is 0. The quantitative estimate of drug-likeness (QED) is 0.761. The SMILES string of the molecule is CCOC(=O)N[C@@H]1CCCCC1n1cnc(C(=O)OCC)c1-c1ccccc1. The minimum absolute atomic E-state index is 0.0101. The van der Waals surface area contributed by atoms with E-state index in [2.05, 4.69) is 10.3 Å². The van der Waals surface area contributed by atoms with Crippen LogP contribution in [0.1, 0.15) is 56.1 Å². The van der Waals surface area contributed by atoms with Gasteiger partial charge in [-0.1, -0.05) is 43.2 Å².